The second-order valence-electron chi connectivity index (χ2n) is 6.71. The molecule has 3 N–H and O–H groups in total. The summed E-state index contributed by atoms with van der Waals surface area (Å²) >= 11 is 0. The summed E-state index contributed by atoms with van der Waals surface area (Å²) < 4.78 is 15.7. The Morgan fingerprint density at radius 3 is 2.67 bits per heavy atom. The quantitative estimate of drug-likeness (QED) is 0.489. The molecule has 8 nitrogen and oxygen atoms in total. The molecule has 1 saturated heterocycles. The molecule has 0 radical (unpaired) electrons. The lowest BCUT2D eigenvalue weighted by Gasteiger charge is -2.22. The van der Waals surface area contributed by atoms with Gasteiger partial charge in [0.05, 0.1) is 19.3 Å². The number of hydrogen-bond donors (Lipinski definition) is 3. The van der Waals surface area contributed by atoms with Crippen molar-refractivity contribution >= 4 is 11.8 Å². The van der Waals surface area contributed by atoms with Gasteiger partial charge in [-0.1, -0.05) is 6.08 Å². The molecular weight excluding hydrogens is 356 g/mol. The summed E-state index contributed by atoms with van der Waals surface area (Å²) in [4.78, 5) is 24.6. The minimum absolute atomic E-state index is 0.00568. The van der Waals surface area contributed by atoms with Gasteiger partial charge in [-0.25, -0.2) is 4.79 Å². The maximum atomic E-state index is 12.6. The Hall–Kier alpha value is -2.42. The summed E-state index contributed by atoms with van der Waals surface area (Å²) in [6.45, 7) is 1.64. The molecule has 2 aliphatic rings. The zero-order chi connectivity index (χ0) is 19.7. The number of esters is 1. The molecule has 1 fully saturated rings. The number of fused-ring (bicyclic) bond motifs is 2. The van der Waals surface area contributed by atoms with Crippen molar-refractivity contribution in [1.29, 1.82) is 0 Å². The number of epoxide rings is 1. The van der Waals surface area contributed by atoms with Gasteiger partial charge in [0.25, 0.3) is 0 Å². The molecule has 2 aliphatic heterocycles. The average molecular weight is 378 g/mol. The minimum atomic E-state index is -1.51. The molecule has 8 heteroatoms. The number of carbonyl (C=O) groups is 2. The number of aliphatic hydroxyl groups excluding tert-OH is 2. The Morgan fingerprint density at radius 1 is 1.22 bits per heavy atom. The van der Waals surface area contributed by atoms with Gasteiger partial charge in [-0.15, -0.1) is 0 Å². The minimum Gasteiger partial charge on any atom is -0.507 e. The molecule has 0 unspecified atom stereocenters. The highest BCUT2D eigenvalue weighted by atomic mass is 16.6. The normalized spacial score (nSPS) is 32.5. The van der Waals surface area contributed by atoms with Gasteiger partial charge >= 0.3 is 5.97 Å². The van der Waals surface area contributed by atoms with Crippen LogP contribution < -0.4 is 4.74 Å². The fourth-order valence-electron chi connectivity index (χ4n) is 3.10. The van der Waals surface area contributed by atoms with Crippen LogP contribution in [0.2, 0.25) is 0 Å². The van der Waals surface area contributed by atoms with Crippen molar-refractivity contribution in [3.8, 4) is 11.5 Å². The fraction of sp³-hybridized carbons (Fsp3) is 0.474. The summed E-state index contributed by atoms with van der Waals surface area (Å²) in [6.07, 6.45) is -1.33. The van der Waals surface area contributed by atoms with Crippen LogP contribution in [0.1, 0.15) is 41.8 Å². The number of methoxy groups -OCH3 is 1. The number of phenolic OH excluding ortho intramolecular Hbond substituents is 1. The Morgan fingerprint density at radius 2 is 1.96 bits per heavy atom. The number of benzene rings is 1. The van der Waals surface area contributed by atoms with Crippen molar-refractivity contribution in [3.05, 3.63) is 35.4 Å². The van der Waals surface area contributed by atoms with Crippen LogP contribution in [0.5, 0.6) is 11.5 Å². The van der Waals surface area contributed by atoms with Gasteiger partial charge in [0, 0.05) is 24.5 Å². The first-order valence-corrected chi connectivity index (χ1v) is 8.65. The van der Waals surface area contributed by atoms with E-state index < -0.39 is 42.2 Å². The van der Waals surface area contributed by atoms with E-state index in [4.69, 9.17) is 14.2 Å². The number of phenols is 1. The average Bonchev–Trinajstić information content (AvgIpc) is 3.38. The maximum Gasteiger partial charge on any atom is 0.342 e. The zero-order valence-corrected chi connectivity index (χ0v) is 15.0. The first-order chi connectivity index (χ1) is 12.8. The van der Waals surface area contributed by atoms with Crippen molar-refractivity contribution in [2.75, 3.05) is 7.11 Å². The molecule has 146 valence electrons. The van der Waals surface area contributed by atoms with Crippen LogP contribution in [0, 0.1) is 0 Å². The van der Waals surface area contributed by atoms with E-state index in [1.807, 2.05) is 0 Å². The van der Waals surface area contributed by atoms with E-state index in [2.05, 4.69) is 0 Å². The van der Waals surface area contributed by atoms with Gasteiger partial charge in [0.2, 0.25) is 0 Å². The molecule has 0 aromatic heterocycles. The maximum absolute atomic E-state index is 12.6. The Kier molecular flexibility index (Phi) is 5.50. The van der Waals surface area contributed by atoms with Crippen LogP contribution in [0.4, 0.5) is 0 Å². The third-order valence-corrected chi connectivity index (χ3v) is 4.64. The third-order valence-electron chi connectivity index (χ3n) is 4.64. The number of cyclic esters (lactones) is 1. The highest BCUT2D eigenvalue weighted by Gasteiger charge is 2.45. The summed E-state index contributed by atoms with van der Waals surface area (Å²) in [5.74, 6) is -1.30. The zero-order valence-electron chi connectivity index (χ0n) is 15.0. The van der Waals surface area contributed by atoms with Crippen molar-refractivity contribution in [2.45, 2.75) is 50.3 Å². The van der Waals surface area contributed by atoms with Crippen molar-refractivity contribution in [2.24, 2.45) is 0 Å². The standard InChI is InChI=1S/C19H22O8/c1-9-4-3-5-12(20)18-15(27-18)8-14(22)17(23)11-6-10(25-2)7-13(21)16(11)19(24)26-9/h3,5-7,9,14-15,17-18,21-23H,4,8H2,1-2H3/b5-3+/t9-,14+,15+,17-,18-/m1/s1. The van der Waals surface area contributed by atoms with Gasteiger partial charge in [-0.05, 0) is 19.1 Å². The second kappa shape index (κ2) is 7.67. The number of aliphatic hydroxyl groups is 2. The van der Waals surface area contributed by atoms with Gasteiger partial charge in [0.1, 0.15) is 35.4 Å². The van der Waals surface area contributed by atoms with E-state index in [0.29, 0.717) is 6.42 Å². The lowest BCUT2D eigenvalue weighted by molar-refractivity contribution is -0.115. The lowest BCUT2D eigenvalue weighted by Crippen LogP contribution is -2.25. The lowest BCUT2D eigenvalue weighted by atomic mass is 9.94. The van der Waals surface area contributed by atoms with Gasteiger partial charge in [0.15, 0.2) is 5.78 Å². The van der Waals surface area contributed by atoms with Crippen LogP contribution >= 0.6 is 0 Å². The summed E-state index contributed by atoms with van der Waals surface area (Å²) in [5, 5.41) is 31.2. The number of rotatable bonds is 1. The predicted octanol–water partition coefficient (Wildman–Crippen LogP) is 1.03. The van der Waals surface area contributed by atoms with Crippen LogP contribution in [-0.4, -0.2) is 58.6 Å². The van der Waals surface area contributed by atoms with Gasteiger partial charge in [-0.3, -0.25) is 4.79 Å². The molecular formula is C19H22O8. The van der Waals surface area contributed by atoms with Crippen molar-refractivity contribution in [1.82, 2.24) is 0 Å². The Balaban J connectivity index is 2.00. The number of aromatic hydroxyl groups is 1. The van der Waals surface area contributed by atoms with Crippen LogP contribution in [0.3, 0.4) is 0 Å². The number of hydrogen-bond acceptors (Lipinski definition) is 8. The monoisotopic (exact) mass is 378 g/mol. The van der Waals surface area contributed by atoms with Crippen LogP contribution in [-0.2, 0) is 14.3 Å². The van der Waals surface area contributed by atoms with Crippen molar-refractivity contribution < 1.29 is 39.1 Å². The molecule has 1 aromatic rings. The van der Waals surface area contributed by atoms with Crippen molar-refractivity contribution in [3.63, 3.8) is 0 Å². The largest absolute Gasteiger partial charge is 0.507 e. The topological polar surface area (TPSA) is 126 Å². The summed E-state index contributed by atoms with van der Waals surface area (Å²) in [7, 11) is 1.37. The van der Waals surface area contributed by atoms with E-state index in [1.165, 1.54) is 25.3 Å². The van der Waals surface area contributed by atoms with Gasteiger partial charge in [-0.2, -0.15) is 0 Å². The first-order valence-electron chi connectivity index (χ1n) is 8.65. The molecule has 3 rings (SSSR count). The van der Waals surface area contributed by atoms with Crippen LogP contribution in [0.25, 0.3) is 0 Å². The molecule has 0 aliphatic carbocycles. The predicted molar refractivity (Wildman–Crippen MR) is 92.5 cm³/mol. The third kappa shape index (κ3) is 4.13. The van der Waals surface area contributed by atoms with Gasteiger partial charge < -0.3 is 29.5 Å². The molecule has 2 heterocycles. The highest BCUT2D eigenvalue weighted by Crippen LogP contribution is 2.37. The number of ketones is 1. The summed E-state index contributed by atoms with van der Waals surface area (Å²) in [5.41, 5.74) is -0.257. The number of ether oxygens (including phenoxy) is 3. The summed E-state index contributed by atoms with van der Waals surface area (Å²) in [6, 6.07) is 2.59. The van der Waals surface area contributed by atoms with E-state index in [1.54, 1.807) is 13.0 Å². The molecule has 0 bridgehead atoms. The molecule has 27 heavy (non-hydrogen) atoms. The van der Waals surface area contributed by atoms with E-state index >= 15 is 0 Å². The smallest absolute Gasteiger partial charge is 0.342 e. The first kappa shape index (κ1) is 19.3. The van der Waals surface area contributed by atoms with E-state index in [-0.39, 0.29) is 29.1 Å². The number of carbonyl (C=O) groups excluding carboxylic acids is 2. The molecule has 5 atom stereocenters. The Labute approximate surface area is 156 Å². The SMILES string of the molecule is COc1cc(O)c2c(c1)[C@@H](O)[C@@H](O)C[C@@H]1O[C@@H]1C(=O)/C=C/C[C@@H](C)OC2=O. The molecule has 0 spiro atoms. The Bertz CT molecular complexity index is 771. The molecule has 1 aromatic carbocycles. The van der Waals surface area contributed by atoms with E-state index in [0.717, 1.165) is 0 Å². The molecule has 0 saturated carbocycles. The van der Waals surface area contributed by atoms with Crippen LogP contribution in [0.15, 0.2) is 24.3 Å². The highest BCUT2D eigenvalue weighted by molar-refractivity contribution is 5.96. The fourth-order valence-corrected chi connectivity index (χ4v) is 3.10. The molecule has 0 amide bonds. The second-order valence-corrected chi connectivity index (χ2v) is 6.71. The van der Waals surface area contributed by atoms with E-state index in [9.17, 15) is 24.9 Å².